The Bertz CT molecular complexity index is 870. The SMILES string of the molecule is Cc1nc2ccccc2c(=O)n1N1C[C@@H]1c1ccccc1. The molecule has 4 heteroatoms. The molecule has 1 aromatic heterocycles. The second kappa shape index (κ2) is 4.45. The first-order valence-electron chi connectivity index (χ1n) is 7.06. The van der Waals surface area contributed by atoms with Crippen molar-refractivity contribution in [2.75, 3.05) is 11.6 Å². The van der Waals surface area contributed by atoms with Crippen molar-refractivity contribution in [2.24, 2.45) is 0 Å². The molecule has 0 amide bonds. The lowest BCUT2D eigenvalue weighted by molar-refractivity contribution is 0.715. The van der Waals surface area contributed by atoms with E-state index >= 15 is 0 Å². The van der Waals surface area contributed by atoms with E-state index in [1.165, 1.54) is 5.56 Å². The summed E-state index contributed by atoms with van der Waals surface area (Å²) in [6.07, 6.45) is 0. The highest BCUT2D eigenvalue weighted by molar-refractivity contribution is 5.77. The highest BCUT2D eigenvalue weighted by Gasteiger charge is 2.37. The summed E-state index contributed by atoms with van der Waals surface area (Å²) in [6, 6.07) is 18.0. The van der Waals surface area contributed by atoms with Gasteiger partial charge < -0.3 is 0 Å². The summed E-state index contributed by atoms with van der Waals surface area (Å²) in [7, 11) is 0. The minimum Gasteiger partial charge on any atom is -0.297 e. The van der Waals surface area contributed by atoms with E-state index in [2.05, 4.69) is 22.1 Å². The lowest BCUT2D eigenvalue weighted by atomic mass is 10.2. The topological polar surface area (TPSA) is 37.9 Å². The molecule has 4 rings (SSSR count). The van der Waals surface area contributed by atoms with Crippen LogP contribution in [0.25, 0.3) is 10.9 Å². The van der Waals surface area contributed by atoms with E-state index in [4.69, 9.17) is 0 Å². The molecule has 0 bridgehead atoms. The highest BCUT2D eigenvalue weighted by Crippen LogP contribution is 2.32. The fourth-order valence-electron chi connectivity index (χ4n) is 2.84. The van der Waals surface area contributed by atoms with Crippen LogP contribution < -0.4 is 10.6 Å². The first-order valence-corrected chi connectivity index (χ1v) is 7.06. The normalized spacial score (nSPS) is 17.2. The minimum atomic E-state index is 0.0107. The Balaban J connectivity index is 1.81. The van der Waals surface area contributed by atoms with Crippen LogP contribution in [0.5, 0.6) is 0 Å². The van der Waals surface area contributed by atoms with Gasteiger partial charge >= 0.3 is 0 Å². The maximum absolute atomic E-state index is 12.7. The third kappa shape index (κ3) is 1.91. The van der Waals surface area contributed by atoms with Crippen molar-refractivity contribution < 1.29 is 0 Å². The molecule has 0 aliphatic carbocycles. The molecular formula is C17H15N3O. The molecule has 0 saturated carbocycles. The van der Waals surface area contributed by atoms with E-state index in [1.54, 1.807) is 4.68 Å². The molecule has 1 aliphatic heterocycles. The summed E-state index contributed by atoms with van der Waals surface area (Å²) in [4.78, 5) is 17.2. The molecule has 4 nitrogen and oxygen atoms in total. The second-order valence-corrected chi connectivity index (χ2v) is 5.34. The summed E-state index contributed by atoms with van der Waals surface area (Å²) in [5.41, 5.74) is 2.00. The van der Waals surface area contributed by atoms with Gasteiger partial charge in [0.2, 0.25) is 0 Å². The zero-order valence-electron chi connectivity index (χ0n) is 11.7. The maximum Gasteiger partial charge on any atom is 0.280 e. The monoisotopic (exact) mass is 277 g/mol. The van der Waals surface area contributed by atoms with Crippen LogP contribution in [0.3, 0.4) is 0 Å². The number of aryl methyl sites for hydroxylation is 1. The molecule has 0 unspecified atom stereocenters. The van der Waals surface area contributed by atoms with Gasteiger partial charge in [-0.25, -0.2) is 9.66 Å². The fourth-order valence-corrected chi connectivity index (χ4v) is 2.84. The molecule has 2 heterocycles. The van der Waals surface area contributed by atoms with Gasteiger partial charge in [-0.1, -0.05) is 42.5 Å². The maximum atomic E-state index is 12.7. The van der Waals surface area contributed by atoms with Crippen LogP contribution in [0.1, 0.15) is 17.4 Å². The van der Waals surface area contributed by atoms with Gasteiger partial charge in [0.15, 0.2) is 0 Å². The molecule has 1 atom stereocenters. The van der Waals surface area contributed by atoms with Crippen molar-refractivity contribution in [3.05, 3.63) is 76.3 Å². The Morgan fingerprint density at radius 1 is 1.05 bits per heavy atom. The Morgan fingerprint density at radius 2 is 1.76 bits per heavy atom. The number of aromatic nitrogens is 2. The molecule has 21 heavy (non-hydrogen) atoms. The predicted octanol–water partition coefficient (Wildman–Crippen LogP) is 2.40. The third-order valence-electron chi connectivity index (χ3n) is 3.94. The lowest BCUT2D eigenvalue weighted by Gasteiger charge is -2.13. The first kappa shape index (κ1) is 12.1. The van der Waals surface area contributed by atoms with Crippen LogP contribution in [0.2, 0.25) is 0 Å². The van der Waals surface area contributed by atoms with Gasteiger partial charge in [0.1, 0.15) is 5.82 Å². The molecule has 2 aromatic carbocycles. The lowest BCUT2D eigenvalue weighted by Crippen LogP contribution is -2.31. The van der Waals surface area contributed by atoms with Gasteiger partial charge in [0.25, 0.3) is 5.56 Å². The molecule has 0 spiro atoms. The van der Waals surface area contributed by atoms with Gasteiger partial charge in [-0.15, -0.1) is 0 Å². The average molecular weight is 277 g/mol. The zero-order chi connectivity index (χ0) is 14.4. The number of para-hydroxylation sites is 1. The quantitative estimate of drug-likeness (QED) is 0.675. The van der Waals surface area contributed by atoms with Crippen molar-refractivity contribution in [2.45, 2.75) is 13.0 Å². The smallest absolute Gasteiger partial charge is 0.280 e. The van der Waals surface area contributed by atoms with Crippen LogP contribution in [0.15, 0.2) is 59.4 Å². The van der Waals surface area contributed by atoms with Crippen molar-refractivity contribution in [1.82, 2.24) is 9.66 Å². The van der Waals surface area contributed by atoms with Crippen LogP contribution in [0.4, 0.5) is 0 Å². The van der Waals surface area contributed by atoms with Gasteiger partial charge in [0.05, 0.1) is 23.5 Å². The van der Waals surface area contributed by atoms with Crippen LogP contribution in [-0.4, -0.2) is 16.2 Å². The predicted molar refractivity (Wildman–Crippen MR) is 83.0 cm³/mol. The molecule has 0 radical (unpaired) electrons. The largest absolute Gasteiger partial charge is 0.297 e. The Labute approximate surface area is 122 Å². The second-order valence-electron chi connectivity index (χ2n) is 5.34. The number of benzene rings is 2. The summed E-state index contributed by atoms with van der Waals surface area (Å²) in [5, 5.41) is 2.73. The molecule has 1 aliphatic rings. The van der Waals surface area contributed by atoms with Crippen LogP contribution >= 0.6 is 0 Å². The third-order valence-corrected chi connectivity index (χ3v) is 3.94. The van der Waals surface area contributed by atoms with Crippen molar-refractivity contribution in [3.63, 3.8) is 0 Å². The van der Waals surface area contributed by atoms with Gasteiger partial charge in [0, 0.05) is 0 Å². The number of nitrogens with zero attached hydrogens (tertiary/aromatic N) is 3. The summed E-state index contributed by atoms with van der Waals surface area (Å²) < 4.78 is 1.71. The molecule has 0 N–H and O–H groups in total. The summed E-state index contributed by atoms with van der Waals surface area (Å²) in [6.45, 7) is 2.74. The molecule has 3 aromatic rings. The first-order chi connectivity index (χ1) is 10.3. The number of rotatable bonds is 2. The van der Waals surface area contributed by atoms with Gasteiger partial charge in [-0.3, -0.25) is 9.80 Å². The van der Waals surface area contributed by atoms with Crippen LogP contribution in [0, 0.1) is 6.92 Å². The number of fused-ring (bicyclic) bond motifs is 1. The Kier molecular flexibility index (Phi) is 2.57. The summed E-state index contributed by atoms with van der Waals surface area (Å²) >= 11 is 0. The van der Waals surface area contributed by atoms with E-state index < -0.39 is 0 Å². The summed E-state index contributed by atoms with van der Waals surface area (Å²) in [5.74, 6) is 0.733. The molecule has 104 valence electrons. The van der Waals surface area contributed by atoms with E-state index in [9.17, 15) is 4.79 Å². The number of hydrogen-bond donors (Lipinski definition) is 0. The fraction of sp³-hybridized carbons (Fsp3) is 0.176. The zero-order valence-corrected chi connectivity index (χ0v) is 11.7. The molecule has 1 saturated heterocycles. The van der Waals surface area contributed by atoms with Gasteiger partial charge in [-0.05, 0) is 24.6 Å². The average Bonchev–Trinajstić information content (AvgIpc) is 3.28. The van der Waals surface area contributed by atoms with Crippen molar-refractivity contribution in [3.8, 4) is 0 Å². The molecule has 1 fully saturated rings. The number of hydrogen-bond acceptors (Lipinski definition) is 3. The van der Waals surface area contributed by atoms with Gasteiger partial charge in [-0.2, -0.15) is 0 Å². The van der Waals surface area contributed by atoms with E-state index in [-0.39, 0.29) is 11.6 Å². The van der Waals surface area contributed by atoms with E-state index in [0.29, 0.717) is 5.39 Å². The van der Waals surface area contributed by atoms with Crippen molar-refractivity contribution >= 4 is 10.9 Å². The Morgan fingerprint density at radius 3 is 2.57 bits per heavy atom. The highest BCUT2D eigenvalue weighted by atomic mass is 16.1. The van der Waals surface area contributed by atoms with E-state index in [1.807, 2.05) is 49.4 Å². The standard InChI is InChI=1S/C17H15N3O/c1-12-18-15-10-6-5-9-14(15)17(21)20(12)19-11-16(19)13-7-3-2-4-8-13/h2-10,16H,11H2,1H3/t16-,19?/m1/s1. The van der Waals surface area contributed by atoms with E-state index in [0.717, 1.165) is 17.9 Å². The van der Waals surface area contributed by atoms with Crippen molar-refractivity contribution in [1.29, 1.82) is 0 Å². The Hall–Kier alpha value is -2.62. The minimum absolute atomic E-state index is 0.0107. The van der Waals surface area contributed by atoms with Crippen LogP contribution in [-0.2, 0) is 0 Å². The molecular weight excluding hydrogens is 262 g/mol.